The quantitative estimate of drug-likeness (QED) is 0.365. The maximum absolute atomic E-state index is 15.3. The number of benzene rings is 3. The number of amides is 2. The minimum Gasteiger partial charge on any atom is -0.497 e. The Morgan fingerprint density at radius 1 is 0.911 bits per heavy atom. The average Bonchev–Trinajstić information content (AvgIpc) is 3.54. The lowest BCUT2D eigenvalue weighted by molar-refractivity contribution is -0.138. The second-order valence-electron chi connectivity index (χ2n) is 10.8. The Morgan fingerprint density at radius 2 is 1.53 bits per heavy atom. The zero-order valence-corrected chi connectivity index (χ0v) is 27.2. The molecule has 0 aliphatic carbocycles. The smallest absolute Gasteiger partial charge is 0.274 e. The number of likely N-dealkylation sites (N-methyl/N-ethyl adjacent to an activating group) is 1. The number of carbonyl (C=O) groups is 2. The summed E-state index contributed by atoms with van der Waals surface area (Å²) in [7, 11) is 4.07. The number of β-amino-alcohol motifs (C(OH)–C–C–N with tert-alkyl or cyclic N) is 1. The summed E-state index contributed by atoms with van der Waals surface area (Å²) in [6.07, 6.45) is -1.01. The fourth-order valence-corrected chi connectivity index (χ4v) is 7.95. The van der Waals surface area contributed by atoms with E-state index in [4.69, 9.17) is 30.5 Å². The molecule has 2 amide bonds. The van der Waals surface area contributed by atoms with Crippen LogP contribution < -0.4 is 23.3 Å². The molecule has 2 aliphatic heterocycles. The number of hydrogen-bond donors (Lipinski definition) is 1. The number of halogens is 1. The van der Waals surface area contributed by atoms with Crippen LogP contribution in [0.25, 0.3) is 0 Å². The Balaban J connectivity index is 1.88. The number of likely N-dealkylation sites (tertiary alicyclic amines) is 1. The number of aliphatic hydroxyl groups is 1. The Labute approximate surface area is 266 Å². The van der Waals surface area contributed by atoms with Crippen LogP contribution in [0.15, 0.2) is 59.5 Å². The van der Waals surface area contributed by atoms with Crippen LogP contribution >= 0.6 is 11.6 Å². The summed E-state index contributed by atoms with van der Waals surface area (Å²) in [6, 6.07) is 12.3. The molecule has 0 spiro atoms. The summed E-state index contributed by atoms with van der Waals surface area (Å²) in [5.41, 5.74) is -1.58. The third-order valence-corrected chi connectivity index (χ3v) is 10.2. The van der Waals surface area contributed by atoms with Gasteiger partial charge >= 0.3 is 0 Å². The Morgan fingerprint density at radius 3 is 2.13 bits per heavy atom. The number of sulfonamides is 1. The molecule has 1 fully saturated rings. The molecule has 12 nitrogen and oxygen atoms in total. The van der Waals surface area contributed by atoms with Crippen LogP contribution in [-0.2, 0) is 25.2 Å². The predicted octanol–water partition coefficient (Wildman–Crippen LogP) is 2.88. The second kappa shape index (κ2) is 12.0. The Bertz CT molecular complexity index is 1770. The standard InChI is InChI=1S/C31H34ClN3O9S/c1-33(2)29(37)25-14-19(36)17-34(25)31(22-10-8-20(41-3)15-26(22)43-5)23-13-18(32)7-11-24(23)35(30(31)38)45(39,40)28-12-9-21(42-4)16-27(28)44-6/h7-13,15-16,19,25,36H,14,17H2,1-6H3. The van der Waals surface area contributed by atoms with Crippen molar-refractivity contribution in [2.24, 2.45) is 0 Å². The molecule has 5 rings (SSSR count). The van der Waals surface area contributed by atoms with Gasteiger partial charge in [-0.2, -0.15) is 0 Å². The van der Waals surface area contributed by atoms with Crippen LogP contribution in [-0.4, -0.2) is 96.4 Å². The van der Waals surface area contributed by atoms with E-state index in [-0.39, 0.29) is 57.1 Å². The lowest BCUT2D eigenvalue weighted by atomic mass is 9.80. The highest BCUT2D eigenvalue weighted by Gasteiger charge is 2.64. The number of aliphatic hydroxyl groups excluding tert-OH is 1. The van der Waals surface area contributed by atoms with E-state index in [0.29, 0.717) is 15.8 Å². The van der Waals surface area contributed by atoms with Crippen LogP contribution in [0, 0.1) is 0 Å². The summed E-state index contributed by atoms with van der Waals surface area (Å²) < 4.78 is 51.7. The van der Waals surface area contributed by atoms with Crippen molar-refractivity contribution in [2.75, 3.05) is 53.4 Å². The molecule has 3 aromatic carbocycles. The van der Waals surface area contributed by atoms with Gasteiger partial charge in [0.05, 0.1) is 46.3 Å². The van der Waals surface area contributed by atoms with Gasteiger partial charge in [0.1, 0.15) is 27.9 Å². The monoisotopic (exact) mass is 659 g/mol. The molecular weight excluding hydrogens is 626 g/mol. The molecule has 0 saturated carbocycles. The van der Waals surface area contributed by atoms with Gasteiger partial charge in [-0.05, 0) is 48.9 Å². The summed E-state index contributed by atoms with van der Waals surface area (Å²) in [4.78, 5) is 31.6. The van der Waals surface area contributed by atoms with E-state index in [0.717, 1.165) is 0 Å². The molecule has 45 heavy (non-hydrogen) atoms. The first-order chi connectivity index (χ1) is 21.4. The molecule has 3 atom stereocenters. The van der Waals surface area contributed by atoms with E-state index in [1.165, 1.54) is 69.7 Å². The van der Waals surface area contributed by atoms with Crippen molar-refractivity contribution < 1.29 is 42.1 Å². The zero-order chi connectivity index (χ0) is 32.8. The molecule has 2 aliphatic rings. The maximum atomic E-state index is 15.3. The Hall–Kier alpha value is -4.04. The zero-order valence-electron chi connectivity index (χ0n) is 25.6. The highest BCUT2D eigenvalue weighted by Crippen LogP contribution is 2.55. The number of anilines is 1. The fourth-order valence-electron chi connectivity index (χ4n) is 6.18. The lowest BCUT2D eigenvalue weighted by Crippen LogP contribution is -2.59. The number of nitrogens with zero attached hydrogens (tertiary/aromatic N) is 3. The van der Waals surface area contributed by atoms with E-state index in [1.54, 1.807) is 37.2 Å². The van der Waals surface area contributed by atoms with Crippen molar-refractivity contribution in [1.29, 1.82) is 0 Å². The van der Waals surface area contributed by atoms with Crippen LogP contribution in [0.4, 0.5) is 5.69 Å². The minimum absolute atomic E-state index is 0.000530. The predicted molar refractivity (Wildman–Crippen MR) is 166 cm³/mol. The van der Waals surface area contributed by atoms with E-state index in [1.807, 2.05) is 0 Å². The molecule has 240 valence electrons. The van der Waals surface area contributed by atoms with Gasteiger partial charge in [-0.3, -0.25) is 14.5 Å². The van der Waals surface area contributed by atoms with E-state index in [2.05, 4.69) is 0 Å². The third kappa shape index (κ3) is 5.03. The summed E-state index contributed by atoms with van der Waals surface area (Å²) >= 11 is 6.54. The molecule has 0 bridgehead atoms. The van der Waals surface area contributed by atoms with Gasteiger partial charge in [0.25, 0.3) is 15.9 Å². The SMILES string of the molecule is COc1ccc(C2(N3CC(O)CC3C(=O)N(C)C)C(=O)N(S(=O)(=O)c3ccc(OC)cc3OC)c3ccc(Cl)cc32)c(OC)c1. The maximum Gasteiger partial charge on any atom is 0.274 e. The molecule has 1 saturated heterocycles. The first-order valence-electron chi connectivity index (χ1n) is 13.9. The topological polar surface area (TPSA) is 135 Å². The first-order valence-corrected chi connectivity index (χ1v) is 15.7. The second-order valence-corrected chi connectivity index (χ2v) is 13.0. The van der Waals surface area contributed by atoms with Crippen molar-refractivity contribution in [3.63, 3.8) is 0 Å². The molecule has 1 N–H and O–H groups in total. The number of fused-ring (bicyclic) bond motifs is 1. The molecule has 3 aromatic rings. The Kier molecular flexibility index (Phi) is 8.66. The van der Waals surface area contributed by atoms with Gasteiger partial charge in [0, 0.05) is 48.9 Å². The molecule has 2 heterocycles. The number of carbonyl (C=O) groups excluding carboxylic acids is 2. The summed E-state index contributed by atoms with van der Waals surface area (Å²) in [6.45, 7) is -0.142. The molecule has 3 unspecified atom stereocenters. The van der Waals surface area contributed by atoms with E-state index in [9.17, 15) is 18.3 Å². The van der Waals surface area contributed by atoms with Gasteiger partial charge < -0.3 is 29.0 Å². The highest BCUT2D eigenvalue weighted by molar-refractivity contribution is 7.93. The van der Waals surface area contributed by atoms with Gasteiger partial charge in [0.2, 0.25) is 5.91 Å². The van der Waals surface area contributed by atoms with Gasteiger partial charge in [-0.15, -0.1) is 0 Å². The number of ether oxygens (including phenoxy) is 4. The van der Waals surface area contributed by atoms with Gasteiger partial charge in [-0.25, -0.2) is 12.7 Å². The summed E-state index contributed by atoms with van der Waals surface area (Å²) in [5, 5.41) is 11.2. The molecule has 0 radical (unpaired) electrons. The van der Waals surface area contributed by atoms with Gasteiger partial charge in [0.15, 0.2) is 5.54 Å². The van der Waals surface area contributed by atoms with Crippen LogP contribution in [0.5, 0.6) is 23.0 Å². The van der Waals surface area contributed by atoms with Crippen LogP contribution in [0.2, 0.25) is 5.02 Å². The van der Waals surface area contributed by atoms with E-state index < -0.39 is 33.6 Å². The van der Waals surface area contributed by atoms with Crippen molar-refractivity contribution in [1.82, 2.24) is 9.80 Å². The average molecular weight is 660 g/mol. The van der Waals surface area contributed by atoms with Crippen LogP contribution in [0.1, 0.15) is 17.5 Å². The number of hydrogen-bond acceptors (Lipinski definition) is 10. The first kappa shape index (κ1) is 32.4. The number of rotatable bonds is 9. The van der Waals surface area contributed by atoms with Crippen molar-refractivity contribution in [3.8, 4) is 23.0 Å². The van der Waals surface area contributed by atoms with Crippen LogP contribution in [0.3, 0.4) is 0 Å². The largest absolute Gasteiger partial charge is 0.497 e. The molecular formula is C31H34ClN3O9S. The number of methoxy groups -OCH3 is 4. The highest BCUT2D eigenvalue weighted by atomic mass is 35.5. The summed E-state index contributed by atoms with van der Waals surface area (Å²) in [5.74, 6) is -0.405. The molecule has 14 heteroatoms. The lowest BCUT2D eigenvalue weighted by Gasteiger charge is -2.42. The van der Waals surface area contributed by atoms with Gasteiger partial charge in [-0.1, -0.05) is 11.6 Å². The minimum atomic E-state index is -4.68. The van der Waals surface area contributed by atoms with Crippen molar-refractivity contribution in [3.05, 3.63) is 70.7 Å². The van der Waals surface area contributed by atoms with Crippen molar-refractivity contribution >= 4 is 39.1 Å². The molecule has 0 aromatic heterocycles. The van der Waals surface area contributed by atoms with Crippen molar-refractivity contribution in [2.45, 2.75) is 29.0 Å². The fraction of sp³-hybridized carbons (Fsp3) is 0.355. The third-order valence-electron chi connectivity index (χ3n) is 8.18. The normalized spacial score (nSPS) is 21.4. The van der Waals surface area contributed by atoms with E-state index >= 15 is 4.79 Å².